The number of ketones is 1. The van der Waals surface area contributed by atoms with Gasteiger partial charge in [0.1, 0.15) is 0 Å². The van der Waals surface area contributed by atoms with E-state index in [0.717, 1.165) is 24.8 Å². The molecule has 1 fully saturated rings. The third-order valence-electron chi connectivity index (χ3n) is 4.33. The largest absolute Gasteiger partial charge is 0.504 e. The fourth-order valence-corrected chi connectivity index (χ4v) is 3.06. The molecule has 0 saturated heterocycles. The summed E-state index contributed by atoms with van der Waals surface area (Å²) in [5, 5.41) is 9.69. The number of carbonyl (C=O) groups is 1. The third-order valence-corrected chi connectivity index (χ3v) is 4.33. The number of hydrogen-bond donors (Lipinski definition) is 1. The summed E-state index contributed by atoms with van der Waals surface area (Å²) in [6.07, 6.45) is 4.72. The van der Waals surface area contributed by atoms with Gasteiger partial charge in [-0.1, -0.05) is 24.6 Å². The number of carbonyl (C=O) groups excluding carboxylic acids is 1. The highest BCUT2D eigenvalue weighted by Gasteiger charge is 2.40. The Balaban J connectivity index is 2.41. The molecule has 2 nitrogen and oxygen atoms in total. The van der Waals surface area contributed by atoms with Crippen LogP contribution in [-0.4, -0.2) is 10.9 Å². The Hall–Kier alpha value is -1.31. The van der Waals surface area contributed by atoms with Gasteiger partial charge < -0.3 is 5.11 Å². The minimum Gasteiger partial charge on any atom is -0.504 e. The molecule has 0 unspecified atom stereocenters. The van der Waals surface area contributed by atoms with Crippen molar-refractivity contribution in [2.45, 2.75) is 40.0 Å². The summed E-state index contributed by atoms with van der Waals surface area (Å²) in [6.45, 7) is 10.0. The normalized spacial score (nSPS) is 33.2. The molecule has 0 spiro atoms. The van der Waals surface area contributed by atoms with Gasteiger partial charge in [-0.25, -0.2) is 0 Å². The van der Waals surface area contributed by atoms with Gasteiger partial charge in [0.25, 0.3) is 0 Å². The molecule has 0 aromatic carbocycles. The first-order valence-corrected chi connectivity index (χ1v) is 6.17. The van der Waals surface area contributed by atoms with E-state index in [1.165, 1.54) is 11.1 Å². The van der Waals surface area contributed by atoms with Crippen molar-refractivity contribution in [3.05, 3.63) is 35.1 Å². The Bertz CT molecular complexity index is 454. The van der Waals surface area contributed by atoms with E-state index in [1.54, 1.807) is 6.08 Å². The second-order valence-corrected chi connectivity index (χ2v) is 5.67. The van der Waals surface area contributed by atoms with Crippen LogP contribution in [0, 0.1) is 11.3 Å². The number of allylic oxidation sites excluding steroid dienone is 4. The SMILES string of the molecule is C=C(C)[C@@H]1CC[C@@]2(C)C=C(O)C(=O)C(C)=C2C1. The van der Waals surface area contributed by atoms with E-state index in [2.05, 4.69) is 20.4 Å². The Kier molecular flexibility index (Phi) is 2.76. The molecule has 2 atom stereocenters. The lowest BCUT2D eigenvalue weighted by Gasteiger charge is -2.41. The lowest BCUT2D eigenvalue weighted by Crippen LogP contribution is -2.32. The van der Waals surface area contributed by atoms with Crippen molar-refractivity contribution in [1.29, 1.82) is 0 Å². The van der Waals surface area contributed by atoms with Crippen LogP contribution < -0.4 is 0 Å². The van der Waals surface area contributed by atoms with Crippen LogP contribution in [0.4, 0.5) is 0 Å². The summed E-state index contributed by atoms with van der Waals surface area (Å²) < 4.78 is 0. The predicted octanol–water partition coefficient (Wildman–Crippen LogP) is 3.71. The second kappa shape index (κ2) is 3.86. The predicted molar refractivity (Wildman–Crippen MR) is 68.7 cm³/mol. The third kappa shape index (κ3) is 1.86. The number of hydrogen-bond acceptors (Lipinski definition) is 2. The molecular formula is C15H20O2. The molecule has 0 bridgehead atoms. The number of aliphatic hydroxyl groups excluding tert-OH is 1. The van der Waals surface area contributed by atoms with E-state index in [-0.39, 0.29) is 17.0 Å². The zero-order valence-corrected chi connectivity index (χ0v) is 10.8. The molecule has 2 aliphatic carbocycles. The standard InChI is InChI=1S/C15H20O2/c1-9(2)11-5-6-15(4)8-13(16)14(17)10(3)12(15)7-11/h8,11,16H,1,5-7H2,2-4H3/t11-,15+/m1/s1. The number of fused-ring (bicyclic) bond motifs is 1. The van der Waals surface area contributed by atoms with Crippen molar-refractivity contribution >= 4 is 5.78 Å². The van der Waals surface area contributed by atoms with Crippen molar-refractivity contribution < 1.29 is 9.90 Å². The van der Waals surface area contributed by atoms with E-state index in [1.807, 2.05) is 6.92 Å². The van der Waals surface area contributed by atoms with E-state index in [0.29, 0.717) is 5.92 Å². The molecule has 2 aliphatic rings. The van der Waals surface area contributed by atoms with Crippen LogP contribution in [0.2, 0.25) is 0 Å². The van der Waals surface area contributed by atoms with Crippen LogP contribution in [0.5, 0.6) is 0 Å². The maximum absolute atomic E-state index is 11.8. The molecule has 0 aromatic rings. The van der Waals surface area contributed by atoms with Crippen LogP contribution >= 0.6 is 0 Å². The van der Waals surface area contributed by atoms with E-state index < -0.39 is 0 Å². The maximum atomic E-state index is 11.8. The fraction of sp³-hybridized carbons (Fsp3) is 0.533. The number of rotatable bonds is 1. The Morgan fingerprint density at radius 1 is 1.59 bits per heavy atom. The van der Waals surface area contributed by atoms with Gasteiger partial charge in [0.15, 0.2) is 5.76 Å². The first-order valence-electron chi connectivity index (χ1n) is 6.17. The Labute approximate surface area is 103 Å². The van der Waals surface area contributed by atoms with Crippen LogP contribution in [-0.2, 0) is 4.79 Å². The van der Waals surface area contributed by atoms with E-state index >= 15 is 0 Å². The Morgan fingerprint density at radius 2 is 2.24 bits per heavy atom. The molecule has 0 aromatic heterocycles. The van der Waals surface area contributed by atoms with E-state index in [4.69, 9.17) is 0 Å². The van der Waals surface area contributed by atoms with Crippen molar-refractivity contribution in [3.8, 4) is 0 Å². The molecule has 92 valence electrons. The van der Waals surface area contributed by atoms with Gasteiger partial charge in [-0.3, -0.25) is 4.79 Å². The molecule has 17 heavy (non-hydrogen) atoms. The molecule has 0 amide bonds. The Morgan fingerprint density at radius 3 is 2.82 bits per heavy atom. The molecule has 0 radical (unpaired) electrons. The molecule has 0 heterocycles. The van der Waals surface area contributed by atoms with Crippen molar-refractivity contribution in [1.82, 2.24) is 0 Å². The molecule has 2 rings (SSSR count). The summed E-state index contributed by atoms with van der Waals surface area (Å²) in [6, 6.07) is 0. The molecule has 1 saturated carbocycles. The van der Waals surface area contributed by atoms with Crippen LogP contribution in [0.3, 0.4) is 0 Å². The molecule has 1 N–H and O–H groups in total. The summed E-state index contributed by atoms with van der Waals surface area (Å²) >= 11 is 0. The van der Waals surface area contributed by atoms with Crippen molar-refractivity contribution in [3.63, 3.8) is 0 Å². The summed E-state index contributed by atoms with van der Waals surface area (Å²) in [5.41, 5.74) is 2.99. The van der Waals surface area contributed by atoms with Gasteiger partial charge in [-0.05, 0) is 45.1 Å². The zero-order valence-electron chi connectivity index (χ0n) is 10.8. The summed E-state index contributed by atoms with van der Waals surface area (Å²) in [7, 11) is 0. The first-order chi connectivity index (χ1) is 7.85. The molecular weight excluding hydrogens is 212 g/mol. The number of aliphatic hydroxyl groups is 1. The highest BCUT2D eigenvalue weighted by Crippen LogP contribution is 2.49. The first kappa shape index (κ1) is 12.2. The van der Waals surface area contributed by atoms with Gasteiger partial charge in [0.05, 0.1) is 0 Å². The topological polar surface area (TPSA) is 37.3 Å². The van der Waals surface area contributed by atoms with Gasteiger partial charge in [-0.2, -0.15) is 0 Å². The summed E-state index contributed by atoms with van der Waals surface area (Å²) in [4.78, 5) is 11.8. The quantitative estimate of drug-likeness (QED) is 0.700. The lowest BCUT2D eigenvalue weighted by molar-refractivity contribution is -0.115. The van der Waals surface area contributed by atoms with Gasteiger partial charge in [0.2, 0.25) is 5.78 Å². The van der Waals surface area contributed by atoms with Crippen LogP contribution in [0.15, 0.2) is 35.1 Å². The molecule has 0 aliphatic heterocycles. The smallest absolute Gasteiger partial charge is 0.222 e. The highest BCUT2D eigenvalue weighted by atomic mass is 16.3. The van der Waals surface area contributed by atoms with Gasteiger partial charge in [0, 0.05) is 11.0 Å². The maximum Gasteiger partial charge on any atom is 0.222 e. The minimum atomic E-state index is -0.208. The lowest BCUT2D eigenvalue weighted by atomic mass is 9.63. The summed E-state index contributed by atoms with van der Waals surface area (Å²) in [5.74, 6) is 0.192. The molecule has 2 heteroatoms. The van der Waals surface area contributed by atoms with Crippen molar-refractivity contribution in [2.75, 3.05) is 0 Å². The van der Waals surface area contributed by atoms with E-state index in [9.17, 15) is 9.90 Å². The monoisotopic (exact) mass is 232 g/mol. The van der Waals surface area contributed by atoms with Gasteiger partial charge in [-0.15, -0.1) is 0 Å². The second-order valence-electron chi connectivity index (χ2n) is 5.67. The number of Topliss-reactive ketones (excluding diaryl/α,β-unsaturated/α-hetero) is 1. The van der Waals surface area contributed by atoms with Crippen LogP contribution in [0.1, 0.15) is 40.0 Å². The average Bonchev–Trinajstić information content (AvgIpc) is 2.25. The highest BCUT2D eigenvalue weighted by molar-refractivity contribution is 6.08. The minimum absolute atomic E-state index is 0.0810. The van der Waals surface area contributed by atoms with Crippen LogP contribution in [0.25, 0.3) is 0 Å². The average molecular weight is 232 g/mol. The fourth-order valence-electron chi connectivity index (χ4n) is 3.06. The zero-order chi connectivity index (χ0) is 12.8. The van der Waals surface area contributed by atoms with Gasteiger partial charge >= 0.3 is 0 Å². The van der Waals surface area contributed by atoms with Crippen molar-refractivity contribution in [2.24, 2.45) is 11.3 Å².